The Morgan fingerprint density at radius 1 is 1.64 bits per heavy atom. The van der Waals surface area contributed by atoms with Crippen LogP contribution in [0.5, 0.6) is 0 Å². The van der Waals surface area contributed by atoms with Gasteiger partial charge in [-0.3, -0.25) is 8.74 Å². The fourth-order valence-corrected chi connectivity index (χ4v) is 0.967. The molecule has 0 spiro atoms. The molecule has 9 heteroatoms. The zero-order chi connectivity index (χ0) is 8.91. The molecule has 11 heavy (non-hydrogen) atoms. The molecule has 66 valence electrons. The van der Waals surface area contributed by atoms with E-state index in [1.165, 1.54) is 0 Å². The van der Waals surface area contributed by atoms with Crippen molar-refractivity contribution in [3.63, 3.8) is 0 Å². The summed E-state index contributed by atoms with van der Waals surface area (Å²) < 4.78 is 45.0. The standard InChI is InChI=1S/C2H5NO5S3/c4-10(5)3-1-2-8-11(6,7)9/h1-2H2,(H,6,7,9). The van der Waals surface area contributed by atoms with Crippen LogP contribution >= 0.6 is 0 Å². The van der Waals surface area contributed by atoms with Crippen LogP contribution in [-0.4, -0.2) is 30.3 Å². The Hall–Kier alpha value is -0.0900. The number of rotatable bonds is 4. The van der Waals surface area contributed by atoms with Gasteiger partial charge in [0.15, 0.2) is 0 Å². The maximum absolute atomic E-state index is 10.2. The highest BCUT2D eigenvalue weighted by Crippen LogP contribution is 1.85. The van der Waals surface area contributed by atoms with Gasteiger partial charge in [0.1, 0.15) is 0 Å². The predicted molar refractivity (Wildman–Crippen MR) is 40.3 cm³/mol. The fourth-order valence-electron chi connectivity index (χ4n) is 0.254. The molecule has 0 aromatic heterocycles. The quantitative estimate of drug-likeness (QED) is 0.622. The van der Waals surface area contributed by atoms with Gasteiger partial charge in [-0.25, -0.2) is 0 Å². The lowest BCUT2D eigenvalue weighted by Gasteiger charge is -1.95. The SMILES string of the molecule is O=S(=O)=NCCOS(=O)(O)=S. The van der Waals surface area contributed by atoms with Crippen LogP contribution in [0.15, 0.2) is 4.36 Å². The van der Waals surface area contributed by atoms with Gasteiger partial charge in [0, 0.05) is 11.2 Å². The topological polar surface area (TPSA) is 93.0 Å². The molecule has 1 atom stereocenters. The van der Waals surface area contributed by atoms with Crippen molar-refractivity contribution in [2.45, 2.75) is 0 Å². The summed E-state index contributed by atoms with van der Waals surface area (Å²) in [6.07, 6.45) is 0. The first-order chi connectivity index (χ1) is 4.92. The van der Waals surface area contributed by atoms with Crippen molar-refractivity contribution < 1.29 is 21.4 Å². The average Bonchev–Trinajstić information content (AvgIpc) is 1.78. The van der Waals surface area contributed by atoms with E-state index in [4.69, 9.17) is 4.55 Å². The van der Waals surface area contributed by atoms with Crippen molar-refractivity contribution in [2.24, 2.45) is 4.36 Å². The average molecular weight is 219 g/mol. The van der Waals surface area contributed by atoms with Crippen LogP contribution in [0.3, 0.4) is 0 Å². The van der Waals surface area contributed by atoms with E-state index in [1.54, 1.807) is 0 Å². The molecule has 0 bridgehead atoms. The molecule has 0 aromatic rings. The van der Waals surface area contributed by atoms with Crippen LogP contribution < -0.4 is 0 Å². The molecule has 0 heterocycles. The summed E-state index contributed by atoms with van der Waals surface area (Å²) in [4.78, 5) is 0. The summed E-state index contributed by atoms with van der Waals surface area (Å²) in [5, 5.41) is 0. The highest BCUT2D eigenvalue weighted by Gasteiger charge is 1.97. The maximum atomic E-state index is 10.2. The zero-order valence-corrected chi connectivity index (χ0v) is 7.62. The summed E-state index contributed by atoms with van der Waals surface area (Å²) in [5.41, 5.74) is 0. The van der Waals surface area contributed by atoms with E-state index in [9.17, 15) is 12.6 Å². The molecule has 0 aliphatic carbocycles. The van der Waals surface area contributed by atoms with Gasteiger partial charge in [-0.05, 0) is 0 Å². The number of nitrogens with zero attached hydrogens (tertiary/aromatic N) is 1. The summed E-state index contributed by atoms with van der Waals surface area (Å²) in [7, 11) is -6.16. The van der Waals surface area contributed by atoms with Gasteiger partial charge in [-0.15, -0.1) is 0 Å². The fraction of sp³-hybridized carbons (Fsp3) is 1.00. The number of hydrogen-bond acceptors (Lipinski definition) is 6. The Labute approximate surface area is 70.0 Å². The van der Waals surface area contributed by atoms with E-state index in [1.807, 2.05) is 0 Å². The third kappa shape index (κ3) is 9.91. The lowest BCUT2D eigenvalue weighted by Crippen LogP contribution is -2.05. The summed E-state index contributed by atoms with van der Waals surface area (Å²) in [5.74, 6) is 0. The molecule has 0 rings (SSSR count). The van der Waals surface area contributed by atoms with Crippen molar-refractivity contribution in [1.29, 1.82) is 0 Å². The van der Waals surface area contributed by atoms with Crippen molar-refractivity contribution in [3.05, 3.63) is 0 Å². The Kier molecular flexibility index (Phi) is 4.68. The molecule has 0 saturated carbocycles. The van der Waals surface area contributed by atoms with Crippen LogP contribution in [0.2, 0.25) is 0 Å². The first-order valence-corrected chi connectivity index (χ1v) is 5.70. The van der Waals surface area contributed by atoms with Crippen LogP contribution in [-0.2, 0) is 34.9 Å². The molecule has 1 N–H and O–H groups in total. The molecule has 0 fully saturated rings. The van der Waals surface area contributed by atoms with Crippen molar-refractivity contribution in [1.82, 2.24) is 0 Å². The largest absolute Gasteiger partial charge is 0.311 e. The van der Waals surface area contributed by atoms with Crippen molar-refractivity contribution >= 4 is 30.7 Å². The maximum Gasteiger partial charge on any atom is 0.311 e. The monoisotopic (exact) mass is 219 g/mol. The Morgan fingerprint density at radius 3 is 2.55 bits per heavy atom. The summed E-state index contributed by atoms with van der Waals surface area (Å²) in [6.45, 7) is -0.489. The lowest BCUT2D eigenvalue weighted by molar-refractivity contribution is 0.314. The molecule has 0 aliphatic rings. The molecule has 6 nitrogen and oxygen atoms in total. The highest BCUT2D eigenvalue weighted by molar-refractivity contribution is 8.27. The second kappa shape index (κ2) is 4.72. The second-order valence-corrected chi connectivity index (χ2v) is 4.37. The van der Waals surface area contributed by atoms with Crippen molar-refractivity contribution in [3.8, 4) is 0 Å². The summed E-state index contributed by atoms with van der Waals surface area (Å²) >= 11 is 3.93. The lowest BCUT2D eigenvalue weighted by atomic mass is 10.8. The smallest absolute Gasteiger partial charge is 0.285 e. The van der Waals surface area contributed by atoms with Crippen LogP contribution in [0.4, 0.5) is 0 Å². The van der Waals surface area contributed by atoms with Gasteiger partial charge in [0.2, 0.25) is 0 Å². The van der Waals surface area contributed by atoms with E-state index >= 15 is 0 Å². The van der Waals surface area contributed by atoms with Crippen molar-refractivity contribution in [2.75, 3.05) is 13.2 Å². The Morgan fingerprint density at radius 2 is 2.18 bits per heavy atom. The minimum Gasteiger partial charge on any atom is -0.285 e. The van der Waals surface area contributed by atoms with E-state index in [0.717, 1.165) is 0 Å². The summed E-state index contributed by atoms with van der Waals surface area (Å²) in [6, 6.07) is 0. The molecule has 0 aromatic carbocycles. The van der Waals surface area contributed by atoms with Crippen LogP contribution in [0.1, 0.15) is 0 Å². The molecule has 0 aliphatic heterocycles. The third-order valence-corrected chi connectivity index (χ3v) is 1.67. The second-order valence-electron chi connectivity index (χ2n) is 1.32. The minimum atomic E-state index is -3.65. The van der Waals surface area contributed by atoms with Crippen LogP contribution in [0, 0.1) is 0 Å². The molecule has 0 radical (unpaired) electrons. The van der Waals surface area contributed by atoms with Crippen LogP contribution in [0.25, 0.3) is 0 Å². The van der Waals surface area contributed by atoms with E-state index in [0.29, 0.717) is 0 Å². The van der Waals surface area contributed by atoms with Gasteiger partial charge in [-0.1, -0.05) is 0 Å². The molecule has 0 amide bonds. The Balaban J connectivity index is 3.70. The normalized spacial score (nSPS) is 15.4. The Bertz CT molecular complexity index is 317. The molecular weight excluding hydrogens is 214 g/mol. The van der Waals surface area contributed by atoms with E-state index in [-0.39, 0.29) is 13.2 Å². The molecule has 0 saturated heterocycles. The van der Waals surface area contributed by atoms with Gasteiger partial charge in [0.05, 0.1) is 13.2 Å². The van der Waals surface area contributed by atoms with E-state index < -0.39 is 19.6 Å². The third-order valence-electron chi connectivity index (χ3n) is 0.520. The first-order valence-electron chi connectivity index (χ1n) is 2.30. The first kappa shape index (κ1) is 10.9. The van der Waals surface area contributed by atoms with Gasteiger partial charge in [0.25, 0.3) is 9.05 Å². The van der Waals surface area contributed by atoms with Gasteiger partial charge in [-0.2, -0.15) is 17.0 Å². The predicted octanol–water partition coefficient (Wildman–Crippen LogP) is -0.800. The highest BCUT2D eigenvalue weighted by atomic mass is 32.9. The van der Waals surface area contributed by atoms with E-state index in [2.05, 4.69) is 19.7 Å². The minimum absolute atomic E-state index is 0.204. The zero-order valence-electron chi connectivity index (χ0n) is 5.17. The molecule has 1 unspecified atom stereocenters. The number of hydrogen-bond donors (Lipinski definition) is 1. The van der Waals surface area contributed by atoms with Gasteiger partial charge >= 0.3 is 10.5 Å². The van der Waals surface area contributed by atoms with Gasteiger partial charge < -0.3 is 0 Å². The molecular formula is C2H5NO5S3.